The van der Waals surface area contributed by atoms with E-state index >= 15 is 0 Å². The molecule has 1 unspecified atom stereocenters. The molecule has 3 nitrogen and oxygen atoms in total. The van der Waals surface area contributed by atoms with Crippen LogP contribution in [-0.4, -0.2) is 12.1 Å². The first-order valence-corrected chi connectivity index (χ1v) is 6.43. The average Bonchev–Trinajstić information content (AvgIpc) is 2.91. The molecule has 0 amide bonds. The summed E-state index contributed by atoms with van der Waals surface area (Å²) in [5.41, 5.74) is 2.88. The lowest BCUT2D eigenvalue weighted by Crippen LogP contribution is -1.99. The predicted octanol–water partition coefficient (Wildman–Crippen LogP) is 3.83. The third kappa shape index (κ3) is 2.12. The molecule has 3 heteroatoms. The molecule has 1 heterocycles. The van der Waals surface area contributed by atoms with Crippen LogP contribution < -0.4 is 4.74 Å². The van der Waals surface area contributed by atoms with E-state index < -0.39 is 0 Å². The summed E-state index contributed by atoms with van der Waals surface area (Å²) >= 11 is 0. The molecule has 0 aliphatic carbocycles. The summed E-state index contributed by atoms with van der Waals surface area (Å²) in [4.78, 5) is 3.32. The predicted molar refractivity (Wildman–Crippen MR) is 78.7 cm³/mol. The number of H-pyrrole nitrogens is 1. The van der Waals surface area contributed by atoms with E-state index in [1.807, 2.05) is 54.6 Å². The zero-order valence-corrected chi connectivity index (χ0v) is 11.1. The standard InChI is InChI=1S/C17H14N2O/c1-20-14-7-4-6-12(9-14)15(11-18)17-10-13-5-2-3-8-16(13)19-17/h2-10,15,19H,1H3. The molecule has 1 aromatic heterocycles. The van der Waals surface area contributed by atoms with Gasteiger partial charge < -0.3 is 9.72 Å². The Morgan fingerprint density at radius 1 is 1.10 bits per heavy atom. The number of nitrogens with one attached hydrogen (secondary N) is 1. The minimum absolute atomic E-state index is 0.322. The maximum Gasteiger partial charge on any atom is 0.119 e. The lowest BCUT2D eigenvalue weighted by molar-refractivity contribution is 0.414. The van der Waals surface area contributed by atoms with Crippen molar-refractivity contribution in [1.82, 2.24) is 4.98 Å². The molecule has 98 valence electrons. The molecule has 0 bridgehead atoms. The molecular formula is C17H14N2O. The molecule has 3 aromatic rings. The van der Waals surface area contributed by atoms with Gasteiger partial charge in [-0.05, 0) is 35.2 Å². The Morgan fingerprint density at radius 3 is 2.70 bits per heavy atom. The van der Waals surface area contributed by atoms with E-state index in [9.17, 15) is 5.26 Å². The van der Waals surface area contributed by atoms with Crippen LogP contribution in [0.15, 0.2) is 54.6 Å². The molecule has 3 rings (SSSR count). The van der Waals surface area contributed by atoms with Crippen LogP contribution in [0.25, 0.3) is 10.9 Å². The van der Waals surface area contributed by atoms with Crippen LogP contribution in [0, 0.1) is 11.3 Å². The van der Waals surface area contributed by atoms with Gasteiger partial charge in [0, 0.05) is 11.2 Å². The third-order valence-electron chi connectivity index (χ3n) is 3.42. The SMILES string of the molecule is COc1cccc(C(C#N)c2cc3ccccc3[nH]2)c1. The highest BCUT2D eigenvalue weighted by molar-refractivity contribution is 5.80. The van der Waals surface area contributed by atoms with Crippen LogP contribution in [-0.2, 0) is 0 Å². The van der Waals surface area contributed by atoms with Crippen molar-refractivity contribution in [2.24, 2.45) is 0 Å². The van der Waals surface area contributed by atoms with Gasteiger partial charge in [0.25, 0.3) is 0 Å². The second kappa shape index (κ2) is 5.10. The van der Waals surface area contributed by atoms with Gasteiger partial charge >= 0.3 is 0 Å². The van der Waals surface area contributed by atoms with Gasteiger partial charge in [-0.2, -0.15) is 5.26 Å². The number of hydrogen-bond acceptors (Lipinski definition) is 2. The fourth-order valence-electron chi connectivity index (χ4n) is 2.40. The number of ether oxygens (including phenoxy) is 1. The van der Waals surface area contributed by atoms with Crippen molar-refractivity contribution >= 4 is 10.9 Å². The molecule has 0 fully saturated rings. The zero-order chi connectivity index (χ0) is 13.9. The first-order chi connectivity index (χ1) is 9.81. The molecule has 1 atom stereocenters. The van der Waals surface area contributed by atoms with Gasteiger partial charge in [-0.1, -0.05) is 30.3 Å². The summed E-state index contributed by atoms with van der Waals surface area (Å²) < 4.78 is 5.22. The molecule has 0 saturated heterocycles. The van der Waals surface area contributed by atoms with Crippen molar-refractivity contribution in [3.63, 3.8) is 0 Å². The Morgan fingerprint density at radius 2 is 1.95 bits per heavy atom. The van der Waals surface area contributed by atoms with Crippen LogP contribution in [0.2, 0.25) is 0 Å². The molecule has 2 aromatic carbocycles. The molecule has 0 spiro atoms. The van der Waals surface area contributed by atoms with E-state index in [2.05, 4.69) is 11.1 Å². The zero-order valence-electron chi connectivity index (χ0n) is 11.1. The summed E-state index contributed by atoms with van der Waals surface area (Å²) in [5, 5.41) is 10.6. The van der Waals surface area contributed by atoms with Gasteiger partial charge in [0.05, 0.1) is 13.2 Å². The molecule has 1 N–H and O–H groups in total. The van der Waals surface area contributed by atoms with Gasteiger partial charge in [-0.3, -0.25) is 0 Å². The molecular weight excluding hydrogens is 248 g/mol. The second-order valence-corrected chi connectivity index (χ2v) is 4.65. The van der Waals surface area contributed by atoms with Crippen molar-refractivity contribution in [1.29, 1.82) is 5.26 Å². The smallest absolute Gasteiger partial charge is 0.119 e. The van der Waals surface area contributed by atoms with Gasteiger partial charge in [0.1, 0.15) is 11.7 Å². The number of hydrogen-bond donors (Lipinski definition) is 1. The van der Waals surface area contributed by atoms with Crippen LogP contribution in [0.1, 0.15) is 17.2 Å². The van der Waals surface area contributed by atoms with Crippen molar-refractivity contribution in [2.75, 3.05) is 7.11 Å². The molecule has 20 heavy (non-hydrogen) atoms. The summed E-state index contributed by atoms with van der Waals surface area (Å²) in [6.45, 7) is 0. The molecule has 0 aliphatic rings. The van der Waals surface area contributed by atoms with Crippen molar-refractivity contribution in [3.8, 4) is 11.8 Å². The van der Waals surface area contributed by atoms with Gasteiger partial charge in [-0.25, -0.2) is 0 Å². The largest absolute Gasteiger partial charge is 0.497 e. The first kappa shape index (κ1) is 12.3. The molecule has 0 aliphatic heterocycles. The highest BCUT2D eigenvalue weighted by Gasteiger charge is 2.16. The van der Waals surface area contributed by atoms with E-state index in [1.54, 1.807) is 7.11 Å². The van der Waals surface area contributed by atoms with Gasteiger partial charge in [-0.15, -0.1) is 0 Å². The van der Waals surface area contributed by atoms with Crippen molar-refractivity contribution in [3.05, 3.63) is 65.9 Å². The average molecular weight is 262 g/mol. The second-order valence-electron chi connectivity index (χ2n) is 4.65. The summed E-state index contributed by atoms with van der Waals surface area (Å²) in [5.74, 6) is 0.441. The highest BCUT2D eigenvalue weighted by atomic mass is 16.5. The van der Waals surface area contributed by atoms with E-state index in [-0.39, 0.29) is 5.92 Å². The van der Waals surface area contributed by atoms with E-state index in [0.717, 1.165) is 27.9 Å². The normalized spacial score (nSPS) is 12.0. The fraction of sp³-hybridized carbons (Fsp3) is 0.118. The third-order valence-corrected chi connectivity index (χ3v) is 3.42. The number of rotatable bonds is 3. The minimum Gasteiger partial charge on any atom is -0.497 e. The van der Waals surface area contributed by atoms with Crippen LogP contribution in [0.5, 0.6) is 5.75 Å². The Kier molecular flexibility index (Phi) is 3.14. The van der Waals surface area contributed by atoms with Crippen LogP contribution in [0.4, 0.5) is 0 Å². The molecule has 0 radical (unpaired) electrons. The monoisotopic (exact) mass is 262 g/mol. The lowest BCUT2D eigenvalue weighted by Gasteiger charge is -2.09. The topological polar surface area (TPSA) is 48.8 Å². The number of nitriles is 1. The van der Waals surface area contributed by atoms with E-state index in [1.165, 1.54) is 0 Å². The Bertz CT molecular complexity index is 750. The number of para-hydroxylation sites is 1. The number of fused-ring (bicyclic) bond motifs is 1. The Labute approximate surface area is 117 Å². The van der Waals surface area contributed by atoms with Crippen molar-refractivity contribution in [2.45, 2.75) is 5.92 Å². The van der Waals surface area contributed by atoms with E-state index in [4.69, 9.17) is 4.74 Å². The number of nitrogens with zero attached hydrogens (tertiary/aromatic N) is 1. The Hall–Kier alpha value is -2.73. The first-order valence-electron chi connectivity index (χ1n) is 6.43. The quantitative estimate of drug-likeness (QED) is 0.779. The maximum absolute atomic E-state index is 9.51. The number of methoxy groups -OCH3 is 1. The van der Waals surface area contributed by atoms with Crippen LogP contribution >= 0.6 is 0 Å². The molecule has 0 saturated carbocycles. The van der Waals surface area contributed by atoms with Crippen molar-refractivity contribution < 1.29 is 4.74 Å². The summed E-state index contributed by atoms with van der Waals surface area (Å²) in [6.07, 6.45) is 0. The summed E-state index contributed by atoms with van der Waals surface area (Å²) in [7, 11) is 1.63. The number of benzene rings is 2. The fourth-order valence-corrected chi connectivity index (χ4v) is 2.40. The lowest BCUT2D eigenvalue weighted by atomic mass is 9.97. The number of aromatic amines is 1. The maximum atomic E-state index is 9.51. The number of aromatic nitrogens is 1. The summed E-state index contributed by atoms with van der Waals surface area (Å²) in [6, 6.07) is 20.0. The van der Waals surface area contributed by atoms with Gasteiger partial charge in [0.2, 0.25) is 0 Å². The highest BCUT2D eigenvalue weighted by Crippen LogP contribution is 2.28. The van der Waals surface area contributed by atoms with E-state index in [0.29, 0.717) is 0 Å². The minimum atomic E-state index is -0.322. The van der Waals surface area contributed by atoms with Gasteiger partial charge in [0.15, 0.2) is 0 Å². The Balaban J connectivity index is 2.06. The van der Waals surface area contributed by atoms with Crippen LogP contribution in [0.3, 0.4) is 0 Å².